The summed E-state index contributed by atoms with van der Waals surface area (Å²) >= 11 is 0. The zero-order chi connectivity index (χ0) is 17.3. The molecule has 5 N–H and O–H groups in total. The minimum Gasteiger partial charge on any atom is -0.291 e. The van der Waals surface area contributed by atoms with Gasteiger partial charge in [0.25, 0.3) is 10.2 Å². The van der Waals surface area contributed by atoms with Crippen LogP contribution in [-0.4, -0.2) is 20.4 Å². The van der Waals surface area contributed by atoms with Gasteiger partial charge in [-0.15, -0.1) is 0 Å². The predicted octanol–water partition coefficient (Wildman–Crippen LogP) is 0.793. The number of halogens is 1. The van der Waals surface area contributed by atoms with Crippen molar-refractivity contribution >= 4 is 21.8 Å². The maximum absolute atomic E-state index is 14.1. The van der Waals surface area contributed by atoms with Crippen LogP contribution in [0.25, 0.3) is 0 Å². The summed E-state index contributed by atoms with van der Waals surface area (Å²) in [7, 11) is -4.01. The minimum atomic E-state index is -4.01. The van der Waals surface area contributed by atoms with Crippen LogP contribution >= 0.6 is 0 Å². The number of rotatable bonds is 4. The number of amides is 1. The molecule has 1 heterocycles. The number of fused-ring (bicyclic) bond motifs is 1. The largest absolute Gasteiger partial charge is 0.296 e. The number of carbonyl (C=O) groups is 1. The summed E-state index contributed by atoms with van der Waals surface area (Å²) in [5.74, 6) is -0.396. The van der Waals surface area contributed by atoms with Gasteiger partial charge < -0.3 is 0 Å². The van der Waals surface area contributed by atoms with Crippen LogP contribution in [-0.2, 0) is 21.4 Å². The van der Waals surface area contributed by atoms with Gasteiger partial charge in [0.1, 0.15) is 5.82 Å². The zero-order valence-corrected chi connectivity index (χ0v) is 13.9. The van der Waals surface area contributed by atoms with Gasteiger partial charge in [-0.1, -0.05) is 18.9 Å². The Bertz CT molecular complexity index is 740. The van der Waals surface area contributed by atoms with Gasteiger partial charge in [0.15, 0.2) is 0 Å². The molecule has 2 aliphatic rings. The molecule has 0 spiro atoms. The van der Waals surface area contributed by atoms with E-state index < -0.39 is 16.0 Å². The van der Waals surface area contributed by atoms with Gasteiger partial charge in [0.2, 0.25) is 5.91 Å². The Hall–Kier alpha value is -1.71. The molecular formula is C15H21FN4O3S. The Kier molecular flexibility index (Phi) is 4.75. The van der Waals surface area contributed by atoms with E-state index in [1.807, 2.05) is 4.72 Å². The summed E-state index contributed by atoms with van der Waals surface area (Å²) in [5, 5.41) is 4.85. The van der Waals surface area contributed by atoms with E-state index in [0.29, 0.717) is 6.42 Å². The summed E-state index contributed by atoms with van der Waals surface area (Å²) in [6, 6.07) is 4.34. The van der Waals surface area contributed by atoms with Gasteiger partial charge in [-0.2, -0.15) is 8.42 Å². The third-order valence-corrected chi connectivity index (χ3v) is 5.30. The second kappa shape index (κ2) is 6.66. The van der Waals surface area contributed by atoms with E-state index in [0.717, 1.165) is 31.2 Å². The van der Waals surface area contributed by atoms with Gasteiger partial charge in [-0.25, -0.2) is 15.0 Å². The fourth-order valence-corrected chi connectivity index (χ4v) is 4.18. The van der Waals surface area contributed by atoms with Gasteiger partial charge in [-0.3, -0.25) is 14.9 Å². The Morgan fingerprint density at radius 2 is 2.04 bits per heavy atom. The summed E-state index contributed by atoms with van der Waals surface area (Å²) in [5.41, 5.74) is 6.30. The first-order valence-corrected chi connectivity index (χ1v) is 9.52. The fourth-order valence-electron chi connectivity index (χ4n) is 3.71. The molecule has 0 radical (unpaired) electrons. The quantitative estimate of drug-likeness (QED) is 0.639. The monoisotopic (exact) mass is 356 g/mol. The average Bonchev–Trinajstić information content (AvgIpc) is 2.52. The molecule has 2 fully saturated rings. The van der Waals surface area contributed by atoms with Gasteiger partial charge in [-0.05, 0) is 42.9 Å². The van der Waals surface area contributed by atoms with Crippen LogP contribution in [0.4, 0.5) is 10.1 Å². The van der Waals surface area contributed by atoms with E-state index in [4.69, 9.17) is 5.14 Å². The van der Waals surface area contributed by atoms with Crippen LogP contribution in [0.2, 0.25) is 0 Å². The Morgan fingerprint density at radius 3 is 2.75 bits per heavy atom. The van der Waals surface area contributed by atoms with E-state index in [-0.39, 0.29) is 29.5 Å². The van der Waals surface area contributed by atoms with Crippen molar-refractivity contribution in [3.05, 3.63) is 29.6 Å². The predicted molar refractivity (Wildman–Crippen MR) is 87.3 cm³/mol. The van der Waals surface area contributed by atoms with Gasteiger partial charge in [0.05, 0.1) is 5.69 Å². The zero-order valence-electron chi connectivity index (χ0n) is 13.1. The Balaban J connectivity index is 1.73. The smallest absolute Gasteiger partial charge is 0.291 e. The van der Waals surface area contributed by atoms with E-state index in [1.54, 1.807) is 6.07 Å². The number of hydrogen-bond acceptors (Lipinski definition) is 4. The molecule has 3 rings (SSSR count). The van der Waals surface area contributed by atoms with Crippen molar-refractivity contribution in [3.63, 3.8) is 0 Å². The Morgan fingerprint density at radius 1 is 1.29 bits per heavy atom. The van der Waals surface area contributed by atoms with Crippen LogP contribution < -0.4 is 20.7 Å². The second-order valence-corrected chi connectivity index (χ2v) is 7.75. The van der Waals surface area contributed by atoms with Crippen LogP contribution in [0.3, 0.4) is 0 Å². The highest BCUT2D eigenvalue weighted by Gasteiger charge is 2.39. The summed E-state index contributed by atoms with van der Waals surface area (Å²) in [6.07, 6.45) is 4.57. The molecule has 9 heteroatoms. The summed E-state index contributed by atoms with van der Waals surface area (Å²) < 4.78 is 38.0. The first kappa shape index (κ1) is 17.1. The van der Waals surface area contributed by atoms with Crippen molar-refractivity contribution in [1.29, 1.82) is 0 Å². The van der Waals surface area contributed by atoms with E-state index in [2.05, 4.69) is 10.9 Å². The number of hydrogen-bond donors (Lipinski definition) is 4. The molecule has 3 atom stereocenters. The summed E-state index contributed by atoms with van der Waals surface area (Å²) in [6.45, 7) is 0. The maximum Gasteiger partial charge on any atom is 0.296 e. The van der Waals surface area contributed by atoms with E-state index in [9.17, 15) is 17.6 Å². The third kappa shape index (κ3) is 3.85. The fraction of sp³-hybridized carbons (Fsp3) is 0.533. The number of nitrogens with one attached hydrogen (secondary N) is 3. The first-order valence-electron chi connectivity index (χ1n) is 7.98. The van der Waals surface area contributed by atoms with Gasteiger partial charge in [0, 0.05) is 12.0 Å². The molecule has 1 saturated heterocycles. The molecular weight excluding hydrogens is 335 g/mol. The van der Waals surface area contributed by atoms with Crippen LogP contribution in [0.15, 0.2) is 18.2 Å². The number of anilines is 1. The molecule has 24 heavy (non-hydrogen) atoms. The number of benzene rings is 1. The lowest BCUT2D eigenvalue weighted by molar-refractivity contribution is -0.133. The molecule has 0 bridgehead atoms. The highest BCUT2D eigenvalue weighted by atomic mass is 32.2. The molecule has 1 aromatic rings. The normalized spacial score (nSPS) is 27.2. The van der Waals surface area contributed by atoms with E-state index >= 15 is 0 Å². The topological polar surface area (TPSA) is 113 Å². The van der Waals surface area contributed by atoms with Crippen molar-refractivity contribution in [1.82, 2.24) is 10.9 Å². The summed E-state index contributed by atoms with van der Waals surface area (Å²) in [4.78, 5) is 11.9. The number of hydrazine groups is 1. The van der Waals surface area contributed by atoms with Crippen molar-refractivity contribution in [2.45, 2.75) is 38.1 Å². The lowest BCUT2D eigenvalue weighted by Crippen LogP contribution is -2.60. The van der Waals surface area contributed by atoms with Crippen molar-refractivity contribution in [2.24, 2.45) is 17.0 Å². The molecule has 1 aliphatic carbocycles. The van der Waals surface area contributed by atoms with Crippen molar-refractivity contribution < 1.29 is 17.6 Å². The molecule has 1 saturated carbocycles. The average molecular weight is 356 g/mol. The number of nitrogens with two attached hydrogens (primary N) is 1. The first-order chi connectivity index (χ1) is 11.3. The van der Waals surface area contributed by atoms with Crippen molar-refractivity contribution in [3.8, 4) is 0 Å². The highest BCUT2D eigenvalue weighted by molar-refractivity contribution is 7.90. The molecule has 3 unspecified atom stereocenters. The van der Waals surface area contributed by atoms with Crippen molar-refractivity contribution in [2.75, 3.05) is 4.72 Å². The lowest BCUT2D eigenvalue weighted by Gasteiger charge is -2.41. The third-order valence-electron chi connectivity index (χ3n) is 4.80. The van der Waals surface area contributed by atoms with Crippen LogP contribution in [0.1, 0.15) is 31.2 Å². The minimum absolute atomic E-state index is 0.0122. The highest BCUT2D eigenvalue weighted by Crippen LogP contribution is 2.35. The maximum atomic E-state index is 14.1. The van der Waals surface area contributed by atoms with Crippen LogP contribution in [0, 0.1) is 17.7 Å². The molecule has 0 aromatic heterocycles. The molecule has 1 aliphatic heterocycles. The number of carbonyl (C=O) groups excluding carboxylic acids is 1. The SMILES string of the molecule is NS(=O)(=O)Nc1ccc(CC2NNC(=O)C3CCCCC23)cc1F. The second-order valence-electron chi connectivity index (χ2n) is 6.46. The molecule has 1 amide bonds. The molecule has 132 valence electrons. The van der Waals surface area contributed by atoms with Gasteiger partial charge >= 0.3 is 0 Å². The van der Waals surface area contributed by atoms with E-state index in [1.165, 1.54) is 12.1 Å². The molecule has 7 nitrogen and oxygen atoms in total. The Labute approximate surface area is 140 Å². The standard InChI is InChI=1S/C15H21FN4O3S/c16-12-7-9(5-6-13(12)20-24(17,22)23)8-14-10-3-1-2-4-11(10)15(21)19-18-14/h5-7,10-11,14,18,20H,1-4,8H2,(H,19,21)(H2,17,22,23). The van der Waals surface area contributed by atoms with Crippen LogP contribution in [0.5, 0.6) is 0 Å². The lowest BCUT2D eigenvalue weighted by atomic mass is 9.72. The molecule has 1 aromatic carbocycles.